The van der Waals surface area contributed by atoms with Gasteiger partial charge in [0.2, 0.25) is 0 Å². The average Bonchev–Trinajstić information content (AvgIpc) is 3.40. The Labute approximate surface area is 261 Å². The van der Waals surface area contributed by atoms with Crippen molar-refractivity contribution in [2.24, 2.45) is 0 Å². The SMILES string of the molecule is CC(O)C(N1CCN(c2cccc(Cl)c2Cl)CC1)N(C)c1ncnc2c1nc(-c1ccccc1)n2-c1ccccc1.Cl. The molecule has 0 spiro atoms. The van der Waals surface area contributed by atoms with E-state index in [1.54, 1.807) is 12.4 Å². The van der Waals surface area contributed by atoms with Crippen molar-refractivity contribution in [3.63, 3.8) is 0 Å². The monoisotopic (exact) mass is 623 g/mol. The van der Waals surface area contributed by atoms with E-state index < -0.39 is 6.10 Å². The fourth-order valence-electron chi connectivity index (χ4n) is 5.70. The zero-order valence-corrected chi connectivity index (χ0v) is 25.6. The van der Waals surface area contributed by atoms with Crippen molar-refractivity contribution >= 4 is 58.3 Å². The predicted molar refractivity (Wildman–Crippen MR) is 173 cm³/mol. The molecule has 1 saturated heterocycles. The molecule has 3 heterocycles. The van der Waals surface area contributed by atoms with Gasteiger partial charge in [0, 0.05) is 44.5 Å². The molecule has 6 rings (SSSR count). The van der Waals surface area contributed by atoms with Gasteiger partial charge in [0.1, 0.15) is 18.3 Å². The summed E-state index contributed by atoms with van der Waals surface area (Å²) in [6.45, 7) is 4.77. The van der Waals surface area contributed by atoms with Gasteiger partial charge in [0.25, 0.3) is 0 Å². The fraction of sp³-hybridized carbons (Fsp3) is 0.258. The average molecular weight is 625 g/mol. The number of hydrogen-bond acceptors (Lipinski definition) is 7. The van der Waals surface area contributed by atoms with Gasteiger partial charge in [-0.25, -0.2) is 15.0 Å². The number of halogens is 3. The normalized spacial score (nSPS) is 15.3. The third-order valence-corrected chi connectivity index (χ3v) is 8.40. The second kappa shape index (κ2) is 12.9. The first-order valence-electron chi connectivity index (χ1n) is 13.6. The summed E-state index contributed by atoms with van der Waals surface area (Å²) in [4.78, 5) is 21.0. The molecule has 1 aliphatic rings. The van der Waals surface area contributed by atoms with Crippen LogP contribution in [0.2, 0.25) is 10.0 Å². The van der Waals surface area contributed by atoms with Crippen molar-refractivity contribution in [2.45, 2.75) is 19.2 Å². The van der Waals surface area contributed by atoms with Gasteiger partial charge in [-0.15, -0.1) is 12.4 Å². The molecule has 11 heteroatoms. The molecule has 2 aromatic heterocycles. The summed E-state index contributed by atoms with van der Waals surface area (Å²) in [5, 5.41) is 12.2. The van der Waals surface area contributed by atoms with E-state index in [9.17, 15) is 5.11 Å². The standard InChI is InChI=1S/C31H31Cl2N7O.ClH/c1-21(41)31(39-18-16-38(17-19-39)25-15-9-14-24(32)26(25)33)37(2)29-27-30(35-20-34-29)40(23-12-7-4-8-13-23)28(36-27)22-10-5-3-6-11-22;/h3-15,20-21,31,41H,16-19H2,1-2H3;1H. The molecule has 5 aromatic rings. The third-order valence-electron chi connectivity index (χ3n) is 7.59. The number of likely N-dealkylation sites (N-methyl/N-ethyl adjacent to an activating group) is 1. The molecule has 1 aliphatic heterocycles. The Morgan fingerprint density at radius 1 is 0.857 bits per heavy atom. The maximum absolute atomic E-state index is 11.0. The smallest absolute Gasteiger partial charge is 0.170 e. The highest BCUT2D eigenvalue weighted by Gasteiger charge is 2.33. The number of fused-ring (bicyclic) bond motifs is 1. The van der Waals surface area contributed by atoms with Crippen LogP contribution in [0.1, 0.15) is 6.92 Å². The lowest BCUT2D eigenvalue weighted by molar-refractivity contribution is 0.0572. The van der Waals surface area contributed by atoms with Gasteiger partial charge in [-0.3, -0.25) is 9.47 Å². The van der Waals surface area contributed by atoms with Crippen molar-refractivity contribution < 1.29 is 5.11 Å². The maximum atomic E-state index is 11.0. The highest BCUT2D eigenvalue weighted by Crippen LogP contribution is 2.35. The third kappa shape index (κ3) is 5.65. The number of anilines is 2. The van der Waals surface area contributed by atoms with Gasteiger partial charge in [-0.1, -0.05) is 77.8 Å². The van der Waals surface area contributed by atoms with E-state index in [1.807, 2.05) is 91.7 Å². The van der Waals surface area contributed by atoms with E-state index in [1.165, 1.54) is 0 Å². The Morgan fingerprint density at radius 3 is 2.19 bits per heavy atom. The number of rotatable bonds is 7. The molecule has 0 radical (unpaired) electrons. The van der Waals surface area contributed by atoms with E-state index in [2.05, 4.69) is 24.3 Å². The van der Waals surface area contributed by atoms with Crippen LogP contribution in [-0.2, 0) is 0 Å². The topological polar surface area (TPSA) is 73.6 Å². The molecular formula is C31H32Cl3N7O. The molecule has 0 bridgehead atoms. The predicted octanol–water partition coefficient (Wildman–Crippen LogP) is 6.18. The number of benzene rings is 3. The summed E-state index contributed by atoms with van der Waals surface area (Å²) < 4.78 is 2.06. The van der Waals surface area contributed by atoms with Crippen LogP contribution in [0.15, 0.2) is 85.2 Å². The van der Waals surface area contributed by atoms with Gasteiger partial charge in [0.05, 0.1) is 21.8 Å². The lowest BCUT2D eigenvalue weighted by Gasteiger charge is -2.44. The molecule has 2 unspecified atom stereocenters. The Kier molecular flexibility index (Phi) is 9.20. The van der Waals surface area contributed by atoms with E-state index in [0.29, 0.717) is 27.0 Å². The molecule has 2 atom stereocenters. The second-order valence-corrected chi connectivity index (χ2v) is 11.0. The minimum Gasteiger partial charge on any atom is -0.390 e. The number of aliphatic hydroxyl groups is 1. The van der Waals surface area contributed by atoms with Crippen molar-refractivity contribution in [1.82, 2.24) is 24.4 Å². The number of aliphatic hydroxyl groups excluding tert-OH is 1. The minimum atomic E-state index is -0.656. The quantitative estimate of drug-likeness (QED) is 0.232. The highest BCUT2D eigenvalue weighted by molar-refractivity contribution is 6.43. The summed E-state index contributed by atoms with van der Waals surface area (Å²) >= 11 is 12.8. The molecule has 1 fully saturated rings. The minimum absolute atomic E-state index is 0. The van der Waals surface area contributed by atoms with Crippen LogP contribution < -0.4 is 9.80 Å². The molecule has 218 valence electrons. The van der Waals surface area contributed by atoms with E-state index >= 15 is 0 Å². The Bertz CT molecular complexity index is 1640. The molecular weight excluding hydrogens is 593 g/mol. The second-order valence-electron chi connectivity index (χ2n) is 10.2. The number of aromatic nitrogens is 4. The summed E-state index contributed by atoms with van der Waals surface area (Å²) in [6, 6.07) is 25.9. The largest absolute Gasteiger partial charge is 0.390 e. The number of nitrogens with zero attached hydrogens (tertiary/aromatic N) is 7. The molecule has 0 amide bonds. The first kappa shape index (κ1) is 30.1. The van der Waals surface area contributed by atoms with E-state index in [0.717, 1.165) is 48.9 Å². The van der Waals surface area contributed by atoms with Crippen LogP contribution in [0, 0.1) is 0 Å². The van der Waals surface area contributed by atoms with E-state index in [4.69, 9.17) is 28.2 Å². The summed E-state index contributed by atoms with van der Waals surface area (Å²) in [5.41, 5.74) is 4.25. The molecule has 0 aliphatic carbocycles. The van der Waals surface area contributed by atoms with Crippen LogP contribution in [0.5, 0.6) is 0 Å². The lowest BCUT2D eigenvalue weighted by atomic mass is 10.2. The van der Waals surface area contributed by atoms with Crippen LogP contribution in [-0.4, -0.2) is 75.0 Å². The maximum Gasteiger partial charge on any atom is 0.170 e. The van der Waals surface area contributed by atoms with Crippen LogP contribution in [0.4, 0.5) is 11.5 Å². The zero-order chi connectivity index (χ0) is 28.5. The number of para-hydroxylation sites is 1. The summed E-state index contributed by atoms with van der Waals surface area (Å²) in [5.74, 6) is 1.44. The van der Waals surface area contributed by atoms with Crippen LogP contribution in [0.3, 0.4) is 0 Å². The van der Waals surface area contributed by atoms with E-state index in [-0.39, 0.29) is 18.6 Å². The summed E-state index contributed by atoms with van der Waals surface area (Å²) in [6.07, 6.45) is 0.589. The van der Waals surface area contributed by atoms with Gasteiger partial charge in [-0.05, 0) is 31.2 Å². The van der Waals surface area contributed by atoms with Gasteiger partial charge >= 0.3 is 0 Å². The van der Waals surface area contributed by atoms with Gasteiger partial charge in [-0.2, -0.15) is 0 Å². The van der Waals surface area contributed by atoms with Gasteiger partial charge < -0.3 is 14.9 Å². The molecule has 8 nitrogen and oxygen atoms in total. The van der Waals surface area contributed by atoms with Gasteiger partial charge in [0.15, 0.2) is 17.0 Å². The number of imidazole rings is 1. The van der Waals surface area contributed by atoms with Crippen LogP contribution in [0.25, 0.3) is 28.2 Å². The Morgan fingerprint density at radius 2 is 1.52 bits per heavy atom. The van der Waals surface area contributed by atoms with Crippen molar-refractivity contribution in [1.29, 1.82) is 0 Å². The Hall–Kier alpha value is -3.40. The first-order chi connectivity index (χ1) is 19.9. The number of piperazine rings is 1. The zero-order valence-electron chi connectivity index (χ0n) is 23.3. The van der Waals surface area contributed by atoms with Crippen molar-refractivity contribution in [3.05, 3.63) is 95.2 Å². The first-order valence-corrected chi connectivity index (χ1v) is 14.4. The fourth-order valence-corrected chi connectivity index (χ4v) is 6.12. The molecule has 1 N–H and O–H groups in total. The molecule has 42 heavy (non-hydrogen) atoms. The highest BCUT2D eigenvalue weighted by atomic mass is 35.5. The lowest BCUT2D eigenvalue weighted by Crippen LogP contribution is -2.59. The summed E-state index contributed by atoms with van der Waals surface area (Å²) in [7, 11) is 1.96. The molecule has 3 aromatic carbocycles. The van der Waals surface area contributed by atoms with Crippen molar-refractivity contribution in [2.75, 3.05) is 43.0 Å². The molecule has 0 saturated carbocycles. The van der Waals surface area contributed by atoms with Crippen molar-refractivity contribution in [3.8, 4) is 17.1 Å². The number of hydrogen-bond donors (Lipinski definition) is 1. The van der Waals surface area contributed by atoms with Crippen LogP contribution >= 0.6 is 35.6 Å². The Balaban J connectivity index is 0.00000353.